The minimum atomic E-state index is -0.663. The van der Waals surface area contributed by atoms with Crippen LogP contribution in [0.25, 0.3) is 0 Å². The van der Waals surface area contributed by atoms with Gasteiger partial charge in [-0.1, -0.05) is 424 Å². The summed E-state index contributed by atoms with van der Waals surface area (Å²) >= 11 is 0. The Bertz CT molecular complexity index is 1340. The molecule has 2 atom stereocenters. The second-order valence-electron chi connectivity index (χ2n) is 28.5. The molecule has 0 aliphatic heterocycles. The maximum atomic E-state index is 12.6. The second-order valence-corrected chi connectivity index (χ2v) is 28.5. The Kier molecular flexibility index (Phi) is 76.8. The van der Waals surface area contributed by atoms with Gasteiger partial charge in [0.2, 0.25) is 5.91 Å². The number of esters is 1. The second kappa shape index (κ2) is 78.0. The third kappa shape index (κ3) is 73.6. The van der Waals surface area contributed by atoms with Gasteiger partial charge in [0.25, 0.3) is 0 Å². The smallest absolute Gasteiger partial charge is 0.305 e. The van der Waals surface area contributed by atoms with Gasteiger partial charge >= 0.3 is 5.97 Å². The van der Waals surface area contributed by atoms with Crippen LogP contribution in [0.2, 0.25) is 0 Å². The van der Waals surface area contributed by atoms with Crippen molar-refractivity contribution in [1.29, 1.82) is 0 Å². The highest BCUT2D eigenvalue weighted by Crippen LogP contribution is 2.21. The topological polar surface area (TPSA) is 95.9 Å². The monoisotopic (exact) mass is 1240 g/mol. The largest absolute Gasteiger partial charge is 0.466 e. The van der Waals surface area contributed by atoms with E-state index in [9.17, 15) is 19.8 Å². The van der Waals surface area contributed by atoms with Crippen LogP contribution in [0.5, 0.6) is 0 Å². The van der Waals surface area contributed by atoms with Gasteiger partial charge in [-0.05, 0) is 51.4 Å². The van der Waals surface area contributed by atoms with Gasteiger partial charge in [-0.3, -0.25) is 9.59 Å². The van der Waals surface area contributed by atoms with E-state index in [1.807, 2.05) is 0 Å². The van der Waals surface area contributed by atoms with Crippen molar-refractivity contribution in [3.8, 4) is 0 Å². The third-order valence-corrected chi connectivity index (χ3v) is 19.6. The molecular weight excluding hydrogens is 1080 g/mol. The van der Waals surface area contributed by atoms with Crippen molar-refractivity contribution in [2.75, 3.05) is 13.2 Å². The van der Waals surface area contributed by atoms with Gasteiger partial charge in [0.05, 0.1) is 25.4 Å². The van der Waals surface area contributed by atoms with Gasteiger partial charge in [-0.2, -0.15) is 0 Å². The summed E-state index contributed by atoms with van der Waals surface area (Å²) < 4.78 is 5.50. The molecule has 524 valence electrons. The molecule has 0 rings (SSSR count). The molecule has 0 heterocycles. The molecule has 2 unspecified atom stereocenters. The summed E-state index contributed by atoms with van der Waals surface area (Å²) in [5.41, 5.74) is 0. The fourth-order valence-electron chi connectivity index (χ4n) is 13.3. The SMILES string of the molecule is CCCCCCCCCCCCCCCCCCCCCCCCCCCC(O)C(CO)NC(=O)CCCCCCCCCCCCCCCCCCC/C=C\CCCCCCCCCCCCCCOC(=O)CCCCCCCCCCCCCCC. The van der Waals surface area contributed by atoms with E-state index in [1.54, 1.807) is 0 Å². The molecule has 0 radical (unpaired) electrons. The normalized spacial score (nSPS) is 12.5. The minimum absolute atomic E-state index is 0.0216. The summed E-state index contributed by atoms with van der Waals surface area (Å²) in [7, 11) is 0. The summed E-state index contributed by atoms with van der Waals surface area (Å²) in [6.07, 6.45) is 98.9. The summed E-state index contributed by atoms with van der Waals surface area (Å²) in [6.45, 7) is 5.01. The molecule has 0 saturated carbocycles. The van der Waals surface area contributed by atoms with E-state index in [2.05, 4.69) is 31.3 Å². The van der Waals surface area contributed by atoms with E-state index < -0.39 is 12.1 Å². The third-order valence-electron chi connectivity index (χ3n) is 19.6. The van der Waals surface area contributed by atoms with E-state index in [0.29, 0.717) is 25.9 Å². The molecule has 0 aliphatic carbocycles. The molecule has 0 spiro atoms. The Balaban J connectivity index is 3.35. The van der Waals surface area contributed by atoms with Gasteiger partial charge in [0, 0.05) is 12.8 Å². The number of unbranched alkanes of at least 4 members (excludes halogenated alkanes) is 65. The molecule has 0 aromatic carbocycles. The lowest BCUT2D eigenvalue weighted by molar-refractivity contribution is -0.143. The summed E-state index contributed by atoms with van der Waals surface area (Å²) in [5, 5.41) is 23.5. The lowest BCUT2D eigenvalue weighted by Crippen LogP contribution is -2.45. The van der Waals surface area contributed by atoms with Crippen LogP contribution < -0.4 is 5.32 Å². The van der Waals surface area contributed by atoms with Crippen molar-refractivity contribution >= 4 is 11.9 Å². The number of aliphatic hydroxyl groups is 2. The van der Waals surface area contributed by atoms with Gasteiger partial charge in [-0.25, -0.2) is 0 Å². The van der Waals surface area contributed by atoms with Crippen LogP contribution in [-0.2, 0) is 14.3 Å². The highest BCUT2D eigenvalue weighted by molar-refractivity contribution is 5.76. The van der Waals surface area contributed by atoms with Crippen LogP contribution in [0.3, 0.4) is 0 Å². The zero-order chi connectivity index (χ0) is 63.5. The number of aliphatic hydroxyl groups excluding tert-OH is 2. The Morgan fingerprint density at radius 2 is 0.534 bits per heavy atom. The highest BCUT2D eigenvalue weighted by atomic mass is 16.5. The van der Waals surface area contributed by atoms with Crippen molar-refractivity contribution in [3.05, 3.63) is 12.2 Å². The van der Waals surface area contributed by atoms with E-state index >= 15 is 0 Å². The highest BCUT2D eigenvalue weighted by Gasteiger charge is 2.20. The number of hydrogen-bond donors (Lipinski definition) is 3. The number of allylic oxidation sites excluding steroid dienone is 2. The lowest BCUT2D eigenvalue weighted by Gasteiger charge is -2.22. The van der Waals surface area contributed by atoms with Crippen molar-refractivity contribution < 1.29 is 24.5 Å². The molecule has 0 bridgehead atoms. The number of nitrogens with one attached hydrogen (secondary N) is 1. The molecule has 0 saturated heterocycles. The molecule has 3 N–H and O–H groups in total. The number of carbonyl (C=O) groups is 2. The quantitative estimate of drug-likeness (QED) is 0.0320. The predicted octanol–water partition coefficient (Wildman–Crippen LogP) is 27.1. The predicted molar refractivity (Wildman–Crippen MR) is 389 cm³/mol. The average Bonchev–Trinajstić information content (AvgIpc) is 3.53. The van der Waals surface area contributed by atoms with Gasteiger partial charge in [-0.15, -0.1) is 0 Å². The van der Waals surface area contributed by atoms with Crippen LogP contribution in [-0.4, -0.2) is 47.4 Å². The number of carbonyl (C=O) groups excluding carboxylic acids is 2. The molecule has 0 fully saturated rings. The first-order chi connectivity index (χ1) is 43.5. The summed E-state index contributed by atoms with van der Waals surface area (Å²) in [6, 6.07) is -0.540. The van der Waals surface area contributed by atoms with Gasteiger partial charge < -0.3 is 20.3 Å². The maximum absolute atomic E-state index is 12.6. The zero-order valence-electron chi connectivity index (χ0n) is 60.3. The first kappa shape index (κ1) is 86.6. The number of rotatable bonds is 78. The Morgan fingerprint density at radius 1 is 0.307 bits per heavy atom. The Labute approximate surface area is 552 Å². The standard InChI is InChI=1S/C82H161NO5/c1-3-5-7-9-11-13-15-17-18-19-20-21-22-32-35-38-41-44-47-51-54-58-62-66-70-74-80(85)79(78-84)83-81(86)75-71-67-63-59-55-52-48-45-42-39-36-33-30-28-26-24-23-25-27-29-31-34-37-40-43-46-49-53-57-61-65-69-73-77-88-82(87)76-72-68-64-60-56-50-16-14-12-10-8-6-4-2/h27,29,79-80,84-85H,3-26,28,30-78H2,1-2H3,(H,83,86)/b29-27-. The van der Waals surface area contributed by atoms with Crippen LogP contribution >= 0.6 is 0 Å². The molecule has 0 aromatic rings. The molecule has 6 heteroatoms. The Hall–Kier alpha value is -1.40. The zero-order valence-corrected chi connectivity index (χ0v) is 60.3. The van der Waals surface area contributed by atoms with Crippen molar-refractivity contribution in [1.82, 2.24) is 5.32 Å². The molecule has 1 amide bonds. The molecule has 6 nitrogen and oxygen atoms in total. The van der Waals surface area contributed by atoms with Crippen molar-refractivity contribution in [3.63, 3.8) is 0 Å². The fraction of sp³-hybridized carbons (Fsp3) is 0.951. The number of amides is 1. The average molecular weight is 1240 g/mol. The van der Waals surface area contributed by atoms with E-state index in [1.165, 1.54) is 405 Å². The van der Waals surface area contributed by atoms with Crippen molar-refractivity contribution in [2.24, 2.45) is 0 Å². The maximum Gasteiger partial charge on any atom is 0.305 e. The molecular formula is C82H161NO5. The molecule has 0 aromatic heterocycles. The van der Waals surface area contributed by atoms with Gasteiger partial charge in [0.15, 0.2) is 0 Å². The Morgan fingerprint density at radius 3 is 0.807 bits per heavy atom. The number of hydrogen-bond acceptors (Lipinski definition) is 5. The van der Waals surface area contributed by atoms with E-state index in [4.69, 9.17) is 4.74 Å². The van der Waals surface area contributed by atoms with E-state index in [-0.39, 0.29) is 18.5 Å². The van der Waals surface area contributed by atoms with Crippen molar-refractivity contribution in [2.45, 2.75) is 488 Å². The fourth-order valence-corrected chi connectivity index (χ4v) is 13.3. The van der Waals surface area contributed by atoms with Crippen LogP contribution in [0, 0.1) is 0 Å². The van der Waals surface area contributed by atoms with Crippen LogP contribution in [0.4, 0.5) is 0 Å². The molecule has 0 aliphatic rings. The number of ether oxygens (including phenoxy) is 1. The minimum Gasteiger partial charge on any atom is -0.466 e. The first-order valence-electron chi connectivity index (χ1n) is 40.9. The first-order valence-corrected chi connectivity index (χ1v) is 40.9. The lowest BCUT2D eigenvalue weighted by atomic mass is 10.0. The van der Waals surface area contributed by atoms with Crippen LogP contribution in [0.15, 0.2) is 12.2 Å². The summed E-state index contributed by atoms with van der Waals surface area (Å²) in [4.78, 5) is 24.6. The molecule has 88 heavy (non-hydrogen) atoms. The van der Waals surface area contributed by atoms with E-state index in [0.717, 1.165) is 38.5 Å². The van der Waals surface area contributed by atoms with Gasteiger partial charge in [0.1, 0.15) is 0 Å². The van der Waals surface area contributed by atoms with Crippen LogP contribution in [0.1, 0.15) is 476 Å². The summed E-state index contributed by atoms with van der Waals surface area (Å²) in [5.74, 6) is -0.00380.